The van der Waals surface area contributed by atoms with Crippen LogP contribution in [0.5, 0.6) is 0 Å². The predicted octanol–water partition coefficient (Wildman–Crippen LogP) is 4.65. The molecule has 2 heteroatoms. The molecule has 0 aliphatic heterocycles. The van der Waals surface area contributed by atoms with Crippen LogP contribution in [-0.4, -0.2) is 9.78 Å². The number of hydrogen-bond donors (Lipinski definition) is 0. The van der Waals surface area contributed by atoms with Gasteiger partial charge in [0.1, 0.15) is 0 Å². The molecule has 0 N–H and O–H groups in total. The molecular formula is C17H24N2. The van der Waals surface area contributed by atoms with Gasteiger partial charge >= 0.3 is 0 Å². The van der Waals surface area contributed by atoms with E-state index in [0.717, 1.165) is 25.1 Å². The number of benzene rings is 1. The molecule has 19 heavy (non-hydrogen) atoms. The molecule has 2 aromatic rings. The molecule has 102 valence electrons. The van der Waals surface area contributed by atoms with E-state index < -0.39 is 0 Å². The Bertz CT molecular complexity index is 521. The first kappa shape index (κ1) is 13.9. The fourth-order valence-corrected chi connectivity index (χ4v) is 2.33. The van der Waals surface area contributed by atoms with E-state index in [1.54, 1.807) is 0 Å². The maximum Gasteiger partial charge on any atom is 0.0926 e. The van der Waals surface area contributed by atoms with Crippen LogP contribution in [0.15, 0.2) is 30.3 Å². The monoisotopic (exact) mass is 256 g/mol. The second kappa shape index (κ2) is 6.05. The average molecular weight is 256 g/mol. The molecule has 1 aromatic carbocycles. The maximum absolute atomic E-state index is 4.73. The Morgan fingerprint density at radius 1 is 1.11 bits per heavy atom. The van der Waals surface area contributed by atoms with Crippen molar-refractivity contribution in [2.75, 3.05) is 0 Å². The van der Waals surface area contributed by atoms with Crippen LogP contribution < -0.4 is 0 Å². The third-order valence-corrected chi connectivity index (χ3v) is 3.53. The van der Waals surface area contributed by atoms with Gasteiger partial charge in [-0.2, -0.15) is 5.10 Å². The molecule has 0 atom stereocenters. The van der Waals surface area contributed by atoms with E-state index in [1.807, 2.05) is 0 Å². The van der Waals surface area contributed by atoms with Crippen molar-refractivity contribution in [2.45, 2.75) is 53.0 Å². The van der Waals surface area contributed by atoms with E-state index in [4.69, 9.17) is 5.10 Å². The number of nitrogens with zero attached hydrogens (tertiary/aromatic N) is 2. The number of aryl methyl sites for hydroxylation is 2. The van der Waals surface area contributed by atoms with Gasteiger partial charge in [0.05, 0.1) is 5.69 Å². The van der Waals surface area contributed by atoms with E-state index in [9.17, 15) is 0 Å². The molecule has 0 fully saturated rings. The highest BCUT2D eigenvalue weighted by Gasteiger charge is 2.08. The van der Waals surface area contributed by atoms with E-state index in [0.29, 0.717) is 5.92 Å². The largest absolute Gasteiger partial charge is 0.269 e. The van der Waals surface area contributed by atoms with Crippen molar-refractivity contribution in [2.24, 2.45) is 0 Å². The lowest BCUT2D eigenvalue weighted by atomic mass is 10.0. The summed E-state index contributed by atoms with van der Waals surface area (Å²) in [4.78, 5) is 0. The Hall–Kier alpha value is -1.57. The van der Waals surface area contributed by atoms with Gasteiger partial charge in [-0.15, -0.1) is 0 Å². The molecule has 0 amide bonds. The predicted molar refractivity (Wildman–Crippen MR) is 81.4 cm³/mol. The molecule has 1 aromatic heterocycles. The second-order valence-electron chi connectivity index (χ2n) is 5.37. The minimum atomic E-state index is 0.581. The highest BCUT2D eigenvalue weighted by molar-refractivity contribution is 5.60. The molecule has 0 aliphatic carbocycles. The Kier molecular flexibility index (Phi) is 4.41. The summed E-state index contributed by atoms with van der Waals surface area (Å²) in [6.45, 7) is 9.83. The first-order valence-electron chi connectivity index (χ1n) is 7.32. The summed E-state index contributed by atoms with van der Waals surface area (Å²) in [5.74, 6) is 0.581. The highest BCUT2D eigenvalue weighted by Crippen LogP contribution is 2.23. The first-order chi connectivity index (χ1) is 9.15. The molecule has 0 aliphatic rings. The van der Waals surface area contributed by atoms with Gasteiger partial charge in [0.15, 0.2) is 0 Å². The minimum Gasteiger partial charge on any atom is -0.269 e. The first-order valence-corrected chi connectivity index (χ1v) is 7.32. The Balaban J connectivity index is 2.30. The van der Waals surface area contributed by atoms with E-state index in [2.05, 4.69) is 62.7 Å². The SMILES string of the molecule is CCCn1nc(-c2ccc(C(C)C)cc2)cc1CC. The topological polar surface area (TPSA) is 17.8 Å². The molecule has 0 spiro atoms. The van der Waals surface area contributed by atoms with Gasteiger partial charge in [0, 0.05) is 17.8 Å². The van der Waals surface area contributed by atoms with Crippen molar-refractivity contribution in [3.05, 3.63) is 41.6 Å². The lowest BCUT2D eigenvalue weighted by molar-refractivity contribution is 0.579. The van der Waals surface area contributed by atoms with Crippen molar-refractivity contribution in [1.29, 1.82) is 0 Å². The molecule has 0 unspecified atom stereocenters. The standard InChI is InChI=1S/C17H24N2/c1-5-11-19-16(6-2)12-17(18-19)15-9-7-14(8-10-15)13(3)4/h7-10,12-13H,5-6,11H2,1-4H3. The lowest BCUT2D eigenvalue weighted by Crippen LogP contribution is -2.03. The minimum absolute atomic E-state index is 0.581. The fourth-order valence-electron chi connectivity index (χ4n) is 2.33. The van der Waals surface area contributed by atoms with Gasteiger partial charge in [-0.1, -0.05) is 52.0 Å². The molecule has 0 radical (unpaired) electrons. The molecular weight excluding hydrogens is 232 g/mol. The molecule has 0 bridgehead atoms. The number of rotatable bonds is 5. The zero-order chi connectivity index (χ0) is 13.8. The summed E-state index contributed by atoms with van der Waals surface area (Å²) in [6.07, 6.45) is 2.16. The smallest absolute Gasteiger partial charge is 0.0926 e. The average Bonchev–Trinajstić information content (AvgIpc) is 2.82. The lowest BCUT2D eigenvalue weighted by Gasteiger charge is -2.05. The third-order valence-electron chi connectivity index (χ3n) is 3.53. The Morgan fingerprint density at radius 2 is 1.79 bits per heavy atom. The van der Waals surface area contributed by atoms with Crippen molar-refractivity contribution in [1.82, 2.24) is 9.78 Å². The van der Waals surface area contributed by atoms with Gasteiger partial charge in [0.25, 0.3) is 0 Å². The van der Waals surface area contributed by atoms with Gasteiger partial charge < -0.3 is 0 Å². The van der Waals surface area contributed by atoms with E-state index >= 15 is 0 Å². The highest BCUT2D eigenvalue weighted by atomic mass is 15.3. The van der Waals surface area contributed by atoms with Crippen LogP contribution in [0.2, 0.25) is 0 Å². The third kappa shape index (κ3) is 3.06. The van der Waals surface area contributed by atoms with Crippen LogP contribution in [0.1, 0.15) is 51.3 Å². The van der Waals surface area contributed by atoms with Crippen LogP contribution in [0.25, 0.3) is 11.3 Å². The summed E-state index contributed by atoms with van der Waals surface area (Å²) < 4.78 is 2.14. The quantitative estimate of drug-likeness (QED) is 0.761. The Morgan fingerprint density at radius 3 is 2.32 bits per heavy atom. The van der Waals surface area contributed by atoms with Crippen molar-refractivity contribution in [3.8, 4) is 11.3 Å². The van der Waals surface area contributed by atoms with Gasteiger partial charge in [-0.25, -0.2) is 0 Å². The van der Waals surface area contributed by atoms with Crippen molar-refractivity contribution in [3.63, 3.8) is 0 Å². The van der Waals surface area contributed by atoms with Crippen LogP contribution in [-0.2, 0) is 13.0 Å². The van der Waals surface area contributed by atoms with Crippen LogP contribution in [0.3, 0.4) is 0 Å². The van der Waals surface area contributed by atoms with E-state index in [1.165, 1.54) is 16.8 Å². The second-order valence-corrected chi connectivity index (χ2v) is 5.37. The number of hydrogen-bond acceptors (Lipinski definition) is 1. The Labute approximate surface area is 116 Å². The van der Waals surface area contributed by atoms with E-state index in [-0.39, 0.29) is 0 Å². The van der Waals surface area contributed by atoms with Crippen LogP contribution in [0.4, 0.5) is 0 Å². The fraction of sp³-hybridized carbons (Fsp3) is 0.471. The van der Waals surface area contributed by atoms with Crippen molar-refractivity contribution < 1.29 is 0 Å². The summed E-state index contributed by atoms with van der Waals surface area (Å²) in [5.41, 5.74) is 5.02. The zero-order valence-corrected chi connectivity index (χ0v) is 12.5. The molecule has 0 saturated carbocycles. The van der Waals surface area contributed by atoms with Crippen molar-refractivity contribution >= 4 is 0 Å². The summed E-state index contributed by atoms with van der Waals surface area (Å²) >= 11 is 0. The van der Waals surface area contributed by atoms with Gasteiger partial charge in [-0.05, 0) is 30.4 Å². The molecule has 2 nitrogen and oxygen atoms in total. The summed E-state index contributed by atoms with van der Waals surface area (Å²) in [6, 6.07) is 11.0. The van der Waals surface area contributed by atoms with Crippen LogP contribution >= 0.6 is 0 Å². The zero-order valence-electron chi connectivity index (χ0n) is 12.5. The maximum atomic E-state index is 4.73. The number of aromatic nitrogens is 2. The van der Waals surface area contributed by atoms with Crippen LogP contribution in [0, 0.1) is 0 Å². The van der Waals surface area contributed by atoms with Gasteiger partial charge in [0.2, 0.25) is 0 Å². The molecule has 0 saturated heterocycles. The summed E-state index contributed by atoms with van der Waals surface area (Å²) in [7, 11) is 0. The van der Waals surface area contributed by atoms with Gasteiger partial charge in [-0.3, -0.25) is 4.68 Å². The normalized spacial score (nSPS) is 11.2. The molecule has 2 rings (SSSR count). The summed E-state index contributed by atoms with van der Waals surface area (Å²) in [5, 5.41) is 4.73. The molecule has 1 heterocycles.